The van der Waals surface area contributed by atoms with Crippen LogP contribution in [0.2, 0.25) is 5.02 Å². The molecule has 178 valence electrons. The molecule has 1 atom stereocenters. The zero-order valence-corrected chi connectivity index (χ0v) is 20.0. The van der Waals surface area contributed by atoms with Gasteiger partial charge in [-0.2, -0.15) is 5.10 Å². The minimum atomic E-state index is -0.858. The summed E-state index contributed by atoms with van der Waals surface area (Å²) < 4.78 is 7.17. The fraction of sp³-hybridized carbons (Fsp3) is 0.148. The number of nitrogens with zero attached hydrogens (tertiary/aromatic N) is 2. The number of benzene rings is 3. The summed E-state index contributed by atoms with van der Waals surface area (Å²) in [6, 6.07) is 22.3. The number of carboxylic acid groups (broad SMARTS) is 1. The highest BCUT2D eigenvalue weighted by Gasteiger charge is 2.18. The molecule has 0 aliphatic rings. The number of aryl methyl sites for hydroxylation is 1. The first-order valence-corrected chi connectivity index (χ1v) is 11.4. The van der Waals surface area contributed by atoms with E-state index in [2.05, 4.69) is 10.4 Å². The highest BCUT2D eigenvalue weighted by molar-refractivity contribution is 6.31. The maximum absolute atomic E-state index is 12.6. The third-order valence-corrected chi connectivity index (χ3v) is 5.90. The molecule has 35 heavy (non-hydrogen) atoms. The number of halogens is 1. The maximum atomic E-state index is 12.6. The second-order valence-corrected chi connectivity index (χ2v) is 8.50. The number of carbonyl (C=O) groups is 2. The third kappa shape index (κ3) is 5.70. The van der Waals surface area contributed by atoms with Crippen LogP contribution in [0.1, 0.15) is 29.7 Å². The van der Waals surface area contributed by atoms with Gasteiger partial charge in [-0.1, -0.05) is 66.2 Å². The van der Waals surface area contributed by atoms with Gasteiger partial charge in [0.25, 0.3) is 0 Å². The summed E-state index contributed by atoms with van der Waals surface area (Å²) in [5.74, 6) is -0.352. The quantitative estimate of drug-likeness (QED) is 0.311. The first-order chi connectivity index (χ1) is 16.8. The molecule has 0 saturated heterocycles. The van der Waals surface area contributed by atoms with E-state index in [0.29, 0.717) is 10.8 Å². The van der Waals surface area contributed by atoms with Crippen molar-refractivity contribution >= 4 is 29.5 Å². The Hall–Kier alpha value is -4.10. The summed E-state index contributed by atoms with van der Waals surface area (Å²) in [4.78, 5) is 23.5. The average molecular weight is 490 g/mol. The fourth-order valence-electron chi connectivity index (χ4n) is 3.72. The van der Waals surface area contributed by atoms with Gasteiger partial charge in [-0.25, -0.2) is 9.48 Å². The van der Waals surface area contributed by atoms with E-state index >= 15 is 0 Å². The van der Waals surface area contributed by atoms with Gasteiger partial charge in [0.1, 0.15) is 11.9 Å². The smallest absolute Gasteiger partial charge is 0.413 e. The molecule has 0 aliphatic carbocycles. The van der Waals surface area contributed by atoms with Gasteiger partial charge in [0.05, 0.1) is 18.3 Å². The second-order valence-electron chi connectivity index (χ2n) is 8.10. The minimum Gasteiger partial charge on any atom is -0.481 e. The van der Waals surface area contributed by atoms with E-state index in [1.165, 1.54) is 0 Å². The van der Waals surface area contributed by atoms with E-state index < -0.39 is 18.2 Å². The third-order valence-electron chi connectivity index (χ3n) is 5.55. The molecule has 7 nitrogen and oxygen atoms in total. The Morgan fingerprint density at radius 1 is 1.03 bits per heavy atom. The number of hydrogen-bond acceptors (Lipinski definition) is 4. The Kier molecular flexibility index (Phi) is 7.17. The molecule has 8 heteroatoms. The van der Waals surface area contributed by atoms with Gasteiger partial charge in [0.15, 0.2) is 0 Å². The lowest BCUT2D eigenvalue weighted by molar-refractivity contribution is -0.136. The summed E-state index contributed by atoms with van der Waals surface area (Å²) in [6.07, 6.45) is 0.525. The summed E-state index contributed by atoms with van der Waals surface area (Å²) in [5, 5.41) is 16.7. The van der Waals surface area contributed by atoms with Crippen LogP contribution < -0.4 is 5.32 Å². The van der Waals surface area contributed by atoms with Crippen molar-refractivity contribution < 1.29 is 19.4 Å². The standard InChI is InChI=1S/C27H24ClN3O4/c1-17-16-29-31(26(17)30-27(34)35-18(2)23-5-3-4-6-24(23)28)22-13-11-21(12-14-22)20-9-7-19(8-10-20)15-25(32)33/h3-14,16,18H,15H2,1-2H3,(H,30,34)(H,32,33). The molecule has 2 N–H and O–H groups in total. The highest BCUT2D eigenvalue weighted by Crippen LogP contribution is 2.27. The van der Waals surface area contributed by atoms with Crippen LogP contribution in [-0.4, -0.2) is 26.9 Å². The molecular formula is C27H24ClN3O4. The zero-order valence-electron chi connectivity index (χ0n) is 19.2. The van der Waals surface area contributed by atoms with E-state index in [0.717, 1.165) is 33.5 Å². The van der Waals surface area contributed by atoms with Crippen LogP contribution in [0.15, 0.2) is 79.0 Å². The molecule has 4 rings (SSSR count). The molecule has 0 aliphatic heterocycles. The van der Waals surface area contributed by atoms with Gasteiger partial charge in [0, 0.05) is 16.1 Å². The highest BCUT2D eigenvalue weighted by atomic mass is 35.5. The van der Waals surface area contributed by atoms with Crippen molar-refractivity contribution in [1.82, 2.24) is 9.78 Å². The lowest BCUT2D eigenvalue weighted by atomic mass is 10.0. The number of rotatable bonds is 7. The molecule has 1 heterocycles. The first kappa shape index (κ1) is 24.0. The Bertz CT molecular complexity index is 1350. The Morgan fingerprint density at radius 3 is 2.29 bits per heavy atom. The number of hydrogen-bond donors (Lipinski definition) is 2. The number of carboxylic acids is 1. The molecule has 1 amide bonds. The molecule has 1 aromatic heterocycles. The van der Waals surface area contributed by atoms with Gasteiger partial charge >= 0.3 is 12.1 Å². The van der Waals surface area contributed by atoms with E-state index in [9.17, 15) is 9.59 Å². The van der Waals surface area contributed by atoms with Crippen molar-refractivity contribution in [2.24, 2.45) is 0 Å². The summed E-state index contributed by atoms with van der Waals surface area (Å²) in [5.41, 5.74) is 4.96. The SMILES string of the molecule is Cc1cnn(-c2ccc(-c3ccc(CC(=O)O)cc3)cc2)c1NC(=O)OC(C)c1ccccc1Cl. The predicted molar refractivity (Wildman–Crippen MR) is 135 cm³/mol. The van der Waals surface area contributed by atoms with Gasteiger partial charge in [-0.05, 0) is 48.7 Å². The Labute approximate surface area is 207 Å². The number of anilines is 1. The van der Waals surface area contributed by atoms with Crippen molar-refractivity contribution in [2.45, 2.75) is 26.4 Å². The molecule has 1 unspecified atom stereocenters. The van der Waals surface area contributed by atoms with Gasteiger partial charge in [0.2, 0.25) is 0 Å². The van der Waals surface area contributed by atoms with Crippen molar-refractivity contribution in [2.75, 3.05) is 5.32 Å². The largest absolute Gasteiger partial charge is 0.481 e. The molecule has 0 spiro atoms. The van der Waals surface area contributed by atoms with Crippen LogP contribution in [-0.2, 0) is 16.0 Å². The molecular weight excluding hydrogens is 466 g/mol. The molecule has 0 fully saturated rings. The Balaban J connectivity index is 1.48. The van der Waals surface area contributed by atoms with E-state index in [4.69, 9.17) is 21.4 Å². The topological polar surface area (TPSA) is 93.5 Å². The molecule has 3 aromatic carbocycles. The summed E-state index contributed by atoms with van der Waals surface area (Å²) in [6.45, 7) is 3.61. The van der Waals surface area contributed by atoms with Crippen molar-refractivity contribution in [3.05, 3.63) is 101 Å². The summed E-state index contributed by atoms with van der Waals surface area (Å²) in [7, 11) is 0. The molecule has 0 bridgehead atoms. The van der Waals surface area contributed by atoms with Crippen molar-refractivity contribution in [1.29, 1.82) is 0 Å². The van der Waals surface area contributed by atoms with Crippen molar-refractivity contribution in [3.63, 3.8) is 0 Å². The normalized spacial score (nSPS) is 11.6. The molecule has 0 radical (unpaired) electrons. The van der Waals surface area contributed by atoms with Gasteiger partial charge in [-0.15, -0.1) is 0 Å². The number of ether oxygens (including phenoxy) is 1. The van der Waals surface area contributed by atoms with E-state index in [1.54, 1.807) is 23.9 Å². The van der Waals surface area contributed by atoms with Gasteiger partial charge in [-0.3, -0.25) is 10.1 Å². The predicted octanol–water partition coefficient (Wildman–Crippen LogP) is 6.44. The van der Waals surface area contributed by atoms with Crippen LogP contribution in [0.3, 0.4) is 0 Å². The number of carbonyl (C=O) groups excluding carboxylic acids is 1. The van der Waals surface area contributed by atoms with Crippen LogP contribution in [0.5, 0.6) is 0 Å². The van der Waals surface area contributed by atoms with Crippen molar-refractivity contribution in [3.8, 4) is 16.8 Å². The zero-order chi connectivity index (χ0) is 24.9. The summed E-state index contributed by atoms with van der Waals surface area (Å²) >= 11 is 6.21. The number of amides is 1. The number of aromatic nitrogens is 2. The van der Waals surface area contributed by atoms with Crippen LogP contribution in [0.25, 0.3) is 16.8 Å². The van der Waals surface area contributed by atoms with E-state index in [-0.39, 0.29) is 6.42 Å². The van der Waals surface area contributed by atoms with Crippen LogP contribution >= 0.6 is 11.6 Å². The Morgan fingerprint density at radius 2 is 1.66 bits per heavy atom. The van der Waals surface area contributed by atoms with Crippen LogP contribution in [0, 0.1) is 6.92 Å². The molecule has 0 saturated carbocycles. The maximum Gasteiger partial charge on any atom is 0.413 e. The average Bonchev–Trinajstić information content (AvgIpc) is 3.19. The van der Waals surface area contributed by atoms with Gasteiger partial charge < -0.3 is 9.84 Å². The fourth-order valence-corrected chi connectivity index (χ4v) is 4.01. The lowest BCUT2D eigenvalue weighted by Crippen LogP contribution is -2.19. The van der Waals surface area contributed by atoms with Crippen LogP contribution in [0.4, 0.5) is 10.6 Å². The minimum absolute atomic E-state index is 0.00670. The lowest BCUT2D eigenvalue weighted by Gasteiger charge is -2.16. The first-order valence-electron chi connectivity index (χ1n) is 11.0. The number of nitrogens with one attached hydrogen (secondary N) is 1. The van der Waals surface area contributed by atoms with E-state index in [1.807, 2.05) is 73.7 Å². The monoisotopic (exact) mass is 489 g/mol. The second kappa shape index (κ2) is 10.4. The molecule has 4 aromatic rings. The number of aliphatic carboxylic acids is 1.